The van der Waals surface area contributed by atoms with Crippen molar-refractivity contribution in [2.24, 2.45) is 7.05 Å². The third kappa shape index (κ3) is 4.16. The maximum atomic E-state index is 12.9. The Morgan fingerprint density at radius 1 is 1.09 bits per heavy atom. The quantitative estimate of drug-likeness (QED) is 0.156. The second-order valence-corrected chi connectivity index (χ2v) is 9.67. The number of hydrogen-bond acceptors (Lipinski definition) is 5. The van der Waals surface area contributed by atoms with E-state index in [1.807, 2.05) is 66.0 Å². The third-order valence-corrected chi connectivity index (χ3v) is 6.85. The highest BCUT2D eigenvalue weighted by Crippen LogP contribution is 2.35. The maximum Gasteiger partial charge on any atom is 0.308 e. The molecule has 0 bridgehead atoms. The number of nitrogens with zero attached hydrogens (tertiary/aromatic N) is 2. The summed E-state index contributed by atoms with van der Waals surface area (Å²) in [5.41, 5.74) is 4.64. The fourth-order valence-electron chi connectivity index (χ4n) is 4.30. The van der Waals surface area contributed by atoms with E-state index in [0.717, 1.165) is 37.1 Å². The van der Waals surface area contributed by atoms with Gasteiger partial charge >= 0.3 is 5.97 Å². The number of benzene rings is 2. The number of anilines is 1. The zero-order valence-corrected chi connectivity index (χ0v) is 21.5. The van der Waals surface area contributed by atoms with Crippen molar-refractivity contribution < 1.29 is 24.0 Å². The molecular weight excluding hydrogens is 555 g/mol. The molecule has 1 aliphatic heterocycles. The molecule has 1 aliphatic carbocycles. The lowest BCUT2D eigenvalue weighted by molar-refractivity contribution is -0.646. The van der Waals surface area contributed by atoms with E-state index in [0.29, 0.717) is 5.75 Å². The molecule has 2 aliphatic rings. The lowest BCUT2D eigenvalue weighted by atomic mass is 9.86. The molecule has 6 nitrogen and oxygen atoms in total. The summed E-state index contributed by atoms with van der Waals surface area (Å²) in [5.74, 6) is -0.439. The maximum absolute atomic E-state index is 12.9. The normalized spacial score (nSPS) is 17.3. The number of rotatable bonds is 3. The SMILES string of the molecule is CC(=O)Oc1ccc2c(c1)C=C/C(=C/C1=C([O-])C(=C/c3ccc4cc(I)ccc4[n+]3C)/C1=O)N2C. The van der Waals surface area contributed by atoms with Crippen molar-refractivity contribution in [3.05, 3.63) is 98.1 Å². The van der Waals surface area contributed by atoms with Crippen molar-refractivity contribution >= 4 is 63.1 Å². The molecule has 2 aromatic carbocycles. The van der Waals surface area contributed by atoms with Crippen LogP contribution in [0.2, 0.25) is 0 Å². The topological polar surface area (TPSA) is 73.5 Å². The number of esters is 1. The lowest BCUT2D eigenvalue weighted by Crippen LogP contribution is -2.35. The molecule has 0 radical (unpaired) electrons. The Bertz CT molecular complexity index is 1560. The first-order valence-electron chi connectivity index (χ1n) is 11.0. The number of aromatic nitrogens is 1. The molecule has 0 fully saturated rings. The Labute approximate surface area is 216 Å². The van der Waals surface area contributed by atoms with Crippen LogP contribution in [0.4, 0.5) is 5.69 Å². The van der Waals surface area contributed by atoms with Crippen LogP contribution in [0.5, 0.6) is 5.75 Å². The fourth-order valence-corrected chi connectivity index (χ4v) is 4.81. The Hall–Kier alpha value is -3.72. The largest absolute Gasteiger partial charge is 0.871 e. The molecular formula is C28H21IN2O4. The van der Waals surface area contributed by atoms with Crippen LogP contribution >= 0.6 is 22.6 Å². The van der Waals surface area contributed by atoms with Gasteiger partial charge in [0.2, 0.25) is 11.2 Å². The summed E-state index contributed by atoms with van der Waals surface area (Å²) in [6.45, 7) is 1.36. The monoisotopic (exact) mass is 576 g/mol. The smallest absolute Gasteiger partial charge is 0.308 e. The van der Waals surface area contributed by atoms with Crippen LogP contribution in [-0.2, 0) is 16.6 Å². The van der Waals surface area contributed by atoms with E-state index in [4.69, 9.17) is 4.74 Å². The van der Waals surface area contributed by atoms with E-state index >= 15 is 0 Å². The number of halogens is 1. The molecule has 0 N–H and O–H groups in total. The zero-order chi connectivity index (χ0) is 24.9. The number of ether oxygens (including phenoxy) is 1. The van der Waals surface area contributed by atoms with Crippen molar-refractivity contribution in [3.63, 3.8) is 0 Å². The van der Waals surface area contributed by atoms with E-state index in [1.54, 1.807) is 24.3 Å². The predicted octanol–water partition coefficient (Wildman–Crippen LogP) is 3.82. The minimum atomic E-state index is -0.381. The van der Waals surface area contributed by atoms with Crippen molar-refractivity contribution in [1.29, 1.82) is 0 Å². The molecule has 0 amide bonds. The van der Waals surface area contributed by atoms with Gasteiger partial charge in [0.25, 0.3) is 0 Å². The standard InChI is InChI=1S/C28H21IN2O4/c1-16(32)35-22-9-11-26-18(13-22)5-8-21(31(26)3)15-24-27(33)23(28(24)34)14-20-7-4-17-12-19(29)6-10-25(17)30(20)2/h4-15H,1-3H3. The van der Waals surface area contributed by atoms with Gasteiger partial charge in [0.15, 0.2) is 5.78 Å². The van der Waals surface area contributed by atoms with Gasteiger partial charge in [-0.15, -0.1) is 0 Å². The molecule has 0 saturated heterocycles. The van der Waals surface area contributed by atoms with Gasteiger partial charge in [0.05, 0.1) is 0 Å². The molecule has 174 valence electrons. The average Bonchev–Trinajstić information content (AvgIpc) is 2.82. The summed E-state index contributed by atoms with van der Waals surface area (Å²) in [6, 6.07) is 15.4. The van der Waals surface area contributed by atoms with Crippen LogP contribution in [0.15, 0.2) is 83.3 Å². The number of fused-ring (bicyclic) bond motifs is 2. The van der Waals surface area contributed by atoms with Gasteiger partial charge in [0, 0.05) is 69.2 Å². The number of pyridine rings is 1. The predicted molar refractivity (Wildman–Crippen MR) is 141 cm³/mol. The average molecular weight is 576 g/mol. The molecule has 0 spiro atoms. The highest BCUT2D eigenvalue weighted by atomic mass is 127. The molecule has 2 heterocycles. The number of aryl methyl sites for hydroxylation is 1. The van der Waals surface area contributed by atoms with E-state index in [-0.39, 0.29) is 28.7 Å². The number of ketones is 1. The lowest BCUT2D eigenvalue weighted by Gasteiger charge is -2.31. The van der Waals surface area contributed by atoms with Gasteiger partial charge in [-0.05, 0) is 71.1 Å². The first kappa shape index (κ1) is 23.0. The number of allylic oxidation sites excluding steroid dienone is 4. The summed E-state index contributed by atoms with van der Waals surface area (Å²) >= 11 is 2.28. The summed E-state index contributed by atoms with van der Waals surface area (Å²) in [4.78, 5) is 26.0. The third-order valence-electron chi connectivity index (χ3n) is 6.18. The van der Waals surface area contributed by atoms with Crippen LogP contribution in [-0.4, -0.2) is 18.8 Å². The molecule has 35 heavy (non-hydrogen) atoms. The molecule has 1 aromatic heterocycles. The van der Waals surface area contributed by atoms with Gasteiger partial charge in [-0.25, -0.2) is 0 Å². The van der Waals surface area contributed by atoms with E-state index in [1.165, 1.54) is 6.92 Å². The van der Waals surface area contributed by atoms with Gasteiger partial charge in [-0.1, -0.05) is 11.8 Å². The number of hydrogen-bond donors (Lipinski definition) is 0. The molecule has 7 heteroatoms. The highest BCUT2D eigenvalue weighted by Gasteiger charge is 2.28. The molecule has 0 saturated carbocycles. The summed E-state index contributed by atoms with van der Waals surface area (Å²) in [6.07, 6.45) is 7.00. The van der Waals surface area contributed by atoms with Gasteiger partial charge in [-0.3, -0.25) is 9.59 Å². The Balaban J connectivity index is 1.45. The van der Waals surface area contributed by atoms with Gasteiger partial charge < -0.3 is 14.7 Å². The van der Waals surface area contributed by atoms with E-state index < -0.39 is 0 Å². The summed E-state index contributed by atoms with van der Waals surface area (Å²) in [7, 11) is 3.79. The van der Waals surface area contributed by atoms with Crippen LogP contribution in [0.25, 0.3) is 23.1 Å². The second kappa shape index (κ2) is 8.81. The molecule has 3 aromatic rings. The zero-order valence-electron chi connectivity index (χ0n) is 19.3. The minimum Gasteiger partial charge on any atom is -0.871 e. The Morgan fingerprint density at radius 2 is 1.89 bits per heavy atom. The number of carbonyl (C=O) groups is 2. The van der Waals surface area contributed by atoms with Gasteiger partial charge in [0.1, 0.15) is 12.8 Å². The van der Waals surface area contributed by atoms with E-state index in [2.05, 4.69) is 28.7 Å². The highest BCUT2D eigenvalue weighted by molar-refractivity contribution is 14.1. The number of carbonyl (C=O) groups excluding carboxylic acids is 2. The Morgan fingerprint density at radius 3 is 2.63 bits per heavy atom. The molecule has 0 atom stereocenters. The first-order valence-corrected chi connectivity index (χ1v) is 12.0. The van der Waals surface area contributed by atoms with Crippen LogP contribution < -0.4 is 19.3 Å². The van der Waals surface area contributed by atoms with Crippen molar-refractivity contribution in [3.8, 4) is 5.75 Å². The van der Waals surface area contributed by atoms with Crippen LogP contribution in [0.3, 0.4) is 0 Å². The van der Waals surface area contributed by atoms with Crippen molar-refractivity contribution in [1.82, 2.24) is 0 Å². The summed E-state index contributed by atoms with van der Waals surface area (Å²) < 4.78 is 8.28. The number of likely N-dealkylation sites (N-methyl/N-ethyl adjacent to an activating group) is 1. The fraction of sp³-hybridized carbons (Fsp3) is 0.107. The van der Waals surface area contributed by atoms with Crippen LogP contribution in [0.1, 0.15) is 18.2 Å². The molecule has 5 rings (SSSR count). The summed E-state index contributed by atoms with van der Waals surface area (Å²) in [5, 5.41) is 14.0. The van der Waals surface area contributed by atoms with Crippen molar-refractivity contribution in [2.75, 3.05) is 11.9 Å². The number of Topliss-reactive ketones (excluding diaryl/α,β-unsaturated/α-hetero) is 1. The van der Waals surface area contributed by atoms with E-state index in [9.17, 15) is 14.7 Å². The van der Waals surface area contributed by atoms with Crippen LogP contribution in [0, 0.1) is 3.57 Å². The van der Waals surface area contributed by atoms with Gasteiger partial charge in [-0.2, -0.15) is 4.57 Å². The first-order chi connectivity index (χ1) is 16.7. The Kier molecular flexibility index (Phi) is 5.80. The minimum absolute atomic E-state index is 0.167. The second-order valence-electron chi connectivity index (χ2n) is 8.43. The van der Waals surface area contributed by atoms with Crippen molar-refractivity contribution in [2.45, 2.75) is 6.92 Å². The molecule has 0 unspecified atom stereocenters.